The SMILES string of the molecule is O=Cc1ccc(-c2cc(C(=O)O)cc([N+](=O)[O-])c2)cc1. The van der Waals surface area contributed by atoms with Gasteiger partial charge < -0.3 is 5.11 Å². The number of non-ortho nitro benzene ring substituents is 1. The van der Waals surface area contributed by atoms with E-state index in [0.717, 1.165) is 6.07 Å². The van der Waals surface area contributed by atoms with Crippen LogP contribution in [-0.2, 0) is 0 Å². The number of carbonyl (C=O) groups is 2. The van der Waals surface area contributed by atoms with E-state index in [4.69, 9.17) is 5.11 Å². The normalized spacial score (nSPS) is 10.0. The van der Waals surface area contributed by atoms with E-state index in [2.05, 4.69) is 0 Å². The third-order valence-electron chi connectivity index (χ3n) is 2.76. The number of rotatable bonds is 4. The number of nitro groups is 1. The second kappa shape index (κ2) is 5.31. The Balaban J connectivity index is 2.56. The molecule has 6 heteroatoms. The molecule has 0 aliphatic carbocycles. The molecule has 0 aromatic heterocycles. The van der Waals surface area contributed by atoms with Gasteiger partial charge in [-0.1, -0.05) is 24.3 Å². The molecule has 2 rings (SSSR count). The van der Waals surface area contributed by atoms with Crippen molar-refractivity contribution in [2.75, 3.05) is 0 Å². The Morgan fingerprint density at radius 2 is 1.75 bits per heavy atom. The minimum atomic E-state index is -1.24. The number of hydrogen-bond acceptors (Lipinski definition) is 4. The molecule has 0 spiro atoms. The number of carboxylic acids is 1. The van der Waals surface area contributed by atoms with Crippen molar-refractivity contribution in [3.8, 4) is 11.1 Å². The van der Waals surface area contributed by atoms with Crippen LogP contribution in [0.25, 0.3) is 11.1 Å². The summed E-state index contributed by atoms with van der Waals surface area (Å²) >= 11 is 0. The zero-order valence-corrected chi connectivity index (χ0v) is 10.1. The molecule has 0 atom stereocenters. The minimum absolute atomic E-state index is 0.159. The molecule has 0 aliphatic rings. The van der Waals surface area contributed by atoms with Crippen molar-refractivity contribution in [1.29, 1.82) is 0 Å². The molecular formula is C14H9NO5. The first-order valence-corrected chi connectivity index (χ1v) is 5.59. The van der Waals surface area contributed by atoms with E-state index in [9.17, 15) is 19.7 Å². The maximum absolute atomic E-state index is 11.0. The summed E-state index contributed by atoms with van der Waals surface area (Å²) in [6.07, 6.45) is 0.680. The van der Waals surface area contributed by atoms with E-state index < -0.39 is 10.9 Å². The van der Waals surface area contributed by atoms with Crippen molar-refractivity contribution in [2.24, 2.45) is 0 Å². The average molecular weight is 271 g/mol. The number of aldehydes is 1. The molecule has 0 bridgehead atoms. The topological polar surface area (TPSA) is 97.5 Å². The molecule has 0 unspecified atom stereocenters. The van der Waals surface area contributed by atoms with Crippen molar-refractivity contribution in [3.05, 3.63) is 63.7 Å². The van der Waals surface area contributed by atoms with Gasteiger partial charge >= 0.3 is 5.97 Å². The van der Waals surface area contributed by atoms with E-state index in [1.807, 2.05) is 0 Å². The third kappa shape index (κ3) is 2.69. The first-order chi connectivity index (χ1) is 9.51. The largest absolute Gasteiger partial charge is 0.478 e. The van der Waals surface area contributed by atoms with Gasteiger partial charge in [0, 0.05) is 17.7 Å². The lowest BCUT2D eigenvalue weighted by Gasteiger charge is -2.04. The molecule has 0 amide bonds. The van der Waals surface area contributed by atoms with Gasteiger partial charge in [0.2, 0.25) is 0 Å². The standard InChI is InChI=1S/C14H9NO5/c16-8-9-1-3-10(4-2-9)11-5-12(14(17)18)7-13(6-11)15(19)20/h1-8H,(H,17,18). The number of carboxylic acid groups (broad SMARTS) is 1. The lowest BCUT2D eigenvalue weighted by molar-refractivity contribution is -0.384. The number of nitro benzene ring substituents is 1. The number of benzene rings is 2. The molecule has 0 saturated heterocycles. The predicted octanol–water partition coefficient (Wildman–Crippen LogP) is 2.77. The molecule has 2 aromatic carbocycles. The molecule has 2 aromatic rings. The van der Waals surface area contributed by atoms with Gasteiger partial charge in [0.1, 0.15) is 6.29 Å². The Labute approximate surface area is 113 Å². The number of aromatic carboxylic acids is 1. The van der Waals surface area contributed by atoms with Crippen LogP contribution in [0.1, 0.15) is 20.7 Å². The molecule has 0 heterocycles. The van der Waals surface area contributed by atoms with E-state index in [0.29, 0.717) is 23.0 Å². The quantitative estimate of drug-likeness (QED) is 0.523. The predicted molar refractivity (Wildman–Crippen MR) is 70.9 cm³/mol. The second-order valence-electron chi connectivity index (χ2n) is 4.07. The van der Waals surface area contributed by atoms with E-state index in [1.165, 1.54) is 12.1 Å². The summed E-state index contributed by atoms with van der Waals surface area (Å²) in [7, 11) is 0. The van der Waals surface area contributed by atoms with Crippen molar-refractivity contribution in [2.45, 2.75) is 0 Å². The van der Waals surface area contributed by atoms with E-state index in [1.54, 1.807) is 24.3 Å². The van der Waals surface area contributed by atoms with Crippen LogP contribution in [0.4, 0.5) is 5.69 Å². The summed E-state index contributed by atoms with van der Waals surface area (Å²) in [4.78, 5) is 31.7. The highest BCUT2D eigenvalue weighted by atomic mass is 16.6. The van der Waals surface area contributed by atoms with Crippen LogP contribution in [-0.4, -0.2) is 22.3 Å². The Morgan fingerprint density at radius 1 is 1.10 bits per heavy atom. The van der Waals surface area contributed by atoms with E-state index >= 15 is 0 Å². The zero-order valence-electron chi connectivity index (χ0n) is 10.1. The molecule has 0 radical (unpaired) electrons. The van der Waals surface area contributed by atoms with Crippen LogP contribution in [0.2, 0.25) is 0 Å². The third-order valence-corrected chi connectivity index (χ3v) is 2.76. The highest BCUT2D eigenvalue weighted by Crippen LogP contribution is 2.26. The number of carbonyl (C=O) groups excluding carboxylic acids is 1. The van der Waals surface area contributed by atoms with Gasteiger partial charge in [-0.3, -0.25) is 14.9 Å². The maximum atomic E-state index is 11.0. The number of hydrogen-bond donors (Lipinski definition) is 1. The van der Waals surface area contributed by atoms with Crippen molar-refractivity contribution >= 4 is 17.9 Å². The molecule has 20 heavy (non-hydrogen) atoms. The summed E-state index contributed by atoms with van der Waals surface area (Å²) in [5, 5.41) is 19.8. The van der Waals surface area contributed by atoms with Crippen molar-refractivity contribution < 1.29 is 19.6 Å². The lowest BCUT2D eigenvalue weighted by Crippen LogP contribution is -1.99. The highest BCUT2D eigenvalue weighted by molar-refractivity contribution is 5.90. The van der Waals surface area contributed by atoms with Crippen LogP contribution < -0.4 is 0 Å². The van der Waals surface area contributed by atoms with Crippen LogP contribution in [0, 0.1) is 10.1 Å². The van der Waals surface area contributed by atoms with Crippen LogP contribution in [0.3, 0.4) is 0 Å². The molecule has 0 fully saturated rings. The molecule has 100 valence electrons. The summed E-state index contributed by atoms with van der Waals surface area (Å²) in [6, 6.07) is 9.98. The van der Waals surface area contributed by atoms with Gasteiger partial charge in [-0.25, -0.2) is 4.79 Å². The van der Waals surface area contributed by atoms with Crippen molar-refractivity contribution in [1.82, 2.24) is 0 Å². The fourth-order valence-corrected chi connectivity index (χ4v) is 1.76. The first kappa shape index (κ1) is 13.4. The number of nitrogens with zero attached hydrogens (tertiary/aromatic N) is 1. The van der Waals surface area contributed by atoms with Gasteiger partial charge in [-0.05, 0) is 17.2 Å². The molecular weight excluding hydrogens is 262 g/mol. The van der Waals surface area contributed by atoms with Crippen LogP contribution >= 0.6 is 0 Å². The monoisotopic (exact) mass is 271 g/mol. The molecule has 0 aliphatic heterocycles. The lowest BCUT2D eigenvalue weighted by atomic mass is 10.0. The van der Waals surface area contributed by atoms with Crippen molar-refractivity contribution in [3.63, 3.8) is 0 Å². The maximum Gasteiger partial charge on any atom is 0.335 e. The zero-order chi connectivity index (χ0) is 14.7. The summed E-state index contributed by atoms with van der Waals surface area (Å²) < 4.78 is 0. The van der Waals surface area contributed by atoms with Crippen LogP contribution in [0.15, 0.2) is 42.5 Å². The summed E-state index contributed by atoms with van der Waals surface area (Å²) in [6.45, 7) is 0. The van der Waals surface area contributed by atoms with Crippen LogP contribution in [0.5, 0.6) is 0 Å². The highest BCUT2D eigenvalue weighted by Gasteiger charge is 2.14. The first-order valence-electron chi connectivity index (χ1n) is 5.59. The Bertz CT molecular complexity index is 659. The average Bonchev–Trinajstić information content (AvgIpc) is 2.46. The molecule has 1 N–H and O–H groups in total. The van der Waals surface area contributed by atoms with E-state index in [-0.39, 0.29) is 11.3 Å². The van der Waals surface area contributed by atoms with Gasteiger partial charge in [0.15, 0.2) is 0 Å². The van der Waals surface area contributed by atoms with Gasteiger partial charge in [-0.2, -0.15) is 0 Å². The minimum Gasteiger partial charge on any atom is -0.478 e. The van der Waals surface area contributed by atoms with Gasteiger partial charge in [0.25, 0.3) is 5.69 Å². The van der Waals surface area contributed by atoms with Gasteiger partial charge in [-0.15, -0.1) is 0 Å². The van der Waals surface area contributed by atoms with Gasteiger partial charge in [0.05, 0.1) is 10.5 Å². The Kier molecular flexibility index (Phi) is 3.56. The second-order valence-corrected chi connectivity index (χ2v) is 4.07. The Morgan fingerprint density at radius 3 is 2.25 bits per heavy atom. The summed E-state index contributed by atoms with van der Waals surface area (Å²) in [5.74, 6) is -1.24. The molecule has 0 saturated carbocycles. The fraction of sp³-hybridized carbons (Fsp3) is 0. The summed E-state index contributed by atoms with van der Waals surface area (Å²) in [5.41, 5.74) is 1.03. The smallest absolute Gasteiger partial charge is 0.335 e. The Hall–Kier alpha value is -3.02. The fourth-order valence-electron chi connectivity index (χ4n) is 1.76. The molecule has 6 nitrogen and oxygen atoms in total.